The third-order valence-electron chi connectivity index (χ3n) is 7.16. The van der Waals surface area contributed by atoms with Crippen LogP contribution >= 0.6 is 23.2 Å². The van der Waals surface area contributed by atoms with Gasteiger partial charge in [-0.1, -0.05) is 64.8 Å². The van der Waals surface area contributed by atoms with E-state index in [9.17, 15) is 10.4 Å². The van der Waals surface area contributed by atoms with Crippen LogP contribution in [0.2, 0.25) is 10.0 Å². The minimum absolute atomic E-state index is 0.160. The number of piperidine rings is 1. The number of aromatic nitrogens is 4. The van der Waals surface area contributed by atoms with Gasteiger partial charge in [0.25, 0.3) is 0 Å². The quantitative estimate of drug-likeness (QED) is 0.188. The molecule has 5 aromatic rings. The van der Waals surface area contributed by atoms with Gasteiger partial charge in [-0.05, 0) is 48.9 Å². The van der Waals surface area contributed by atoms with Gasteiger partial charge in [-0.25, -0.2) is 4.68 Å². The highest BCUT2D eigenvalue weighted by Crippen LogP contribution is 2.37. The number of β-amino-alcohol motifs (C(OH)–C–C–N with tert-alkyl or cyclic N) is 1. The molecule has 3 atom stereocenters. The van der Waals surface area contributed by atoms with E-state index in [0.29, 0.717) is 50.1 Å². The lowest BCUT2D eigenvalue weighted by Gasteiger charge is -2.28. The van der Waals surface area contributed by atoms with Gasteiger partial charge in [-0.3, -0.25) is 4.98 Å². The fraction of sp³-hybridized carbons (Fsp3) is 0.200. The van der Waals surface area contributed by atoms with Crippen LogP contribution in [0.5, 0.6) is 0 Å². The van der Waals surface area contributed by atoms with Crippen LogP contribution in [0.3, 0.4) is 0 Å². The molecule has 3 heterocycles. The molecule has 1 aliphatic rings. The number of rotatable bonds is 7. The second-order valence-electron chi connectivity index (χ2n) is 9.88. The molecule has 1 fully saturated rings. The summed E-state index contributed by atoms with van der Waals surface area (Å²) in [6, 6.07) is 22.4. The van der Waals surface area contributed by atoms with Crippen molar-refractivity contribution in [1.29, 1.82) is 5.26 Å². The third kappa shape index (κ3) is 5.69. The van der Waals surface area contributed by atoms with Crippen molar-refractivity contribution in [2.24, 2.45) is 0 Å². The molecule has 4 N–H and O–H groups in total. The molecule has 0 spiro atoms. The second-order valence-corrected chi connectivity index (χ2v) is 10.8. The minimum atomic E-state index is -0.553. The van der Waals surface area contributed by atoms with Crippen LogP contribution < -0.4 is 16.0 Å². The highest BCUT2D eigenvalue weighted by molar-refractivity contribution is 6.32. The lowest BCUT2D eigenvalue weighted by molar-refractivity contribution is 0.0800. The summed E-state index contributed by atoms with van der Waals surface area (Å²) in [7, 11) is 0. The maximum Gasteiger partial charge on any atom is 0.109 e. The standard InChI is InChI=1S/C30H26Cl2N8O/c31-20-7-4-8-22(11-20)36-28-19(14-33)15-35-30-23(28)12-21(32)13-24(30)37-29(18-5-2-1-3-6-18)25-17-40(39-38-25)26-9-10-34-16-27(26)41/h1-8,11-13,15,17,26-27,29,34,37,41H,9-10,16H2,(H,35,36)/t26-,27-,29+/m1/s1. The van der Waals surface area contributed by atoms with Gasteiger partial charge in [0.15, 0.2) is 0 Å². The van der Waals surface area contributed by atoms with E-state index in [2.05, 4.69) is 37.3 Å². The van der Waals surface area contributed by atoms with Crippen LogP contribution in [0.25, 0.3) is 10.9 Å². The lowest BCUT2D eigenvalue weighted by Crippen LogP contribution is -2.41. The molecular formula is C30H26Cl2N8O. The summed E-state index contributed by atoms with van der Waals surface area (Å²) in [5.41, 5.74) is 4.61. The van der Waals surface area contributed by atoms with Crippen LogP contribution in [0.15, 0.2) is 79.1 Å². The van der Waals surface area contributed by atoms with Crippen molar-refractivity contribution in [2.75, 3.05) is 23.7 Å². The Morgan fingerprint density at radius 1 is 1.07 bits per heavy atom. The number of nitrogens with zero attached hydrogens (tertiary/aromatic N) is 5. The Morgan fingerprint density at radius 3 is 2.71 bits per heavy atom. The number of fused-ring (bicyclic) bond motifs is 1. The average molecular weight is 585 g/mol. The molecule has 6 rings (SSSR count). The van der Waals surface area contributed by atoms with Crippen molar-refractivity contribution in [1.82, 2.24) is 25.3 Å². The summed E-state index contributed by atoms with van der Waals surface area (Å²) in [6.45, 7) is 1.31. The van der Waals surface area contributed by atoms with E-state index in [-0.39, 0.29) is 6.04 Å². The van der Waals surface area contributed by atoms with Crippen molar-refractivity contribution in [3.05, 3.63) is 106 Å². The van der Waals surface area contributed by atoms with Gasteiger partial charge < -0.3 is 21.1 Å². The predicted octanol–water partition coefficient (Wildman–Crippen LogP) is 5.85. The molecule has 41 heavy (non-hydrogen) atoms. The zero-order chi connectivity index (χ0) is 28.3. The zero-order valence-electron chi connectivity index (χ0n) is 21.8. The normalized spacial score (nSPS) is 17.6. The highest BCUT2D eigenvalue weighted by atomic mass is 35.5. The van der Waals surface area contributed by atoms with Crippen LogP contribution in [-0.4, -0.2) is 44.3 Å². The number of nitrogens with one attached hydrogen (secondary N) is 3. The number of anilines is 3. The fourth-order valence-electron chi connectivity index (χ4n) is 5.16. The van der Waals surface area contributed by atoms with Gasteiger partial charge in [0.2, 0.25) is 0 Å². The average Bonchev–Trinajstić information content (AvgIpc) is 3.46. The molecule has 11 heteroatoms. The van der Waals surface area contributed by atoms with Crippen LogP contribution in [0, 0.1) is 11.3 Å². The molecule has 2 aromatic heterocycles. The van der Waals surface area contributed by atoms with E-state index in [0.717, 1.165) is 24.2 Å². The molecule has 206 valence electrons. The molecule has 0 radical (unpaired) electrons. The summed E-state index contributed by atoms with van der Waals surface area (Å²) in [6.07, 6.45) is 3.62. The third-order valence-corrected chi connectivity index (χ3v) is 7.61. The number of nitriles is 1. The first-order chi connectivity index (χ1) is 20.0. The molecule has 1 saturated heterocycles. The number of hydrogen-bond donors (Lipinski definition) is 4. The molecule has 0 unspecified atom stereocenters. The zero-order valence-corrected chi connectivity index (χ0v) is 23.3. The van der Waals surface area contributed by atoms with Crippen LogP contribution in [0.1, 0.15) is 35.3 Å². The summed E-state index contributed by atoms with van der Waals surface area (Å²) in [5, 5.41) is 41.2. The maximum absolute atomic E-state index is 10.5. The smallest absolute Gasteiger partial charge is 0.109 e. The highest BCUT2D eigenvalue weighted by Gasteiger charge is 2.27. The number of halogens is 2. The van der Waals surface area contributed by atoms with E-state index in [4.69, 9.17) is 23.2 Å². The topological polar surface area (TPSA) is 124 Å². The Kier molecular flexibility index (Phi) is 7.72. The van der Waals surface area contributed by atoms with E-state index in [1.165, 1.54) is 0 Å². The van der Waals surface area contributed by atoms with E-state index in [1.807, 2.05) is 54.7 Å². The van der Waals surface area contributed by atoms with Gasteiger partial charge >= 0.3 is 0 Å². The van der Waals surface area contributed by atoms with Crippen molar-refractivity contribution in [2.45, 2.75) is 24.6 Å². The monoisotopic (exact) mass is 584 g/mol. The van der Waals surface area contributed by atoms with Gasteiger partial charge in [-0.2, -0.15) is 5.26 Å². The first kappa shape index (κ1) is 27.0. The molecule has 9 nitrogen and oxygen atoms in total. The SMILES string of the molecule is N#Cc1cnc2c(N[C@@H](c3ccccc3)c3cn([C@@H]4CCNC[C@H]4O)nn3)cc(Cl)cc2c1Nc1cccc(Cl)c1. The Balaban J connectivity index is 1.43. The van der Waals surface area contributed by atoms with Crippen molar-refractivity contribution < 1.29 is 5.11 Å². The Morgan fingerprint density at radius 2 is 1.93 bits per heavy atom. The minimum Gasteiger partial charge on any atom is -0.390 e. The van der Waals surface area contributed by atoms with E-state index in [1.54, 1.807) is 29.1 Å². The Hall–Kier alpha value is -4.20. The molecular weight excluding hydrogens is 559 g/mol. The van der Waals surface area contributed by atoms with Crippen LogP contribution in [0.4, 0.5) is 17.1 Å². The summed E-state index contributed by atoms with van der Waals surface area (Å²) >= 11 is 12.9. The molecule has 0 saturated carbocycles. The maximum atomic E-state index is 10.5. The number of aliphatic hydroxyl groups is 1. The predicted molar refractivity (Wildman–Crippen MR) is 161 cm³/mol. The molecule has 0 amide bonds. The van der Waals surface area contributed by atoms with Gasteiger partial charge in [0.05, 0.1) is 46.8 Å². The number of benzene rings is 3. The van der Waals surface area contributed by atoms with Crippen molar-refractivity contribution in [3.8, 4) is 6.07 Å². The van der Waals surface area contributed by atoms with Gasteiger partial charge in [0, 0.05) is 33.9 Å². The van der Waals surface area contributed by atoms with Crippen LogP contribution in [-0.2, 0) is 0 Å². The second kappa shape index (κ2) is 11.7. The largest absolute Gasteiger partial charge is 0.390 e. The van der Waals surface area contributed by atoms with E-state index >= 15 is 0 Å². The summed E-state index contributed by atoms with van der Waals surface area (Å²) < 4.78 is 1.75. The van der Waals surface area contributed by atoms with Gasteiger partial charge in [0.1, 0.15) is 11.8 Å². The molecule has 3 aromatic carbocycles. The molecule has 0 aliphatic carbocycles. The fourth-order valence-corrected chi connectivity index (χ4v) is 5.57. The lowest BCUT2D eigenvalue weighted by atomic mass is 10.0. The van der Waals surface area contributed by atoms with Crippen molar-refractivity contribution in [3.63, 3.8) is 0 Å². The number of pyridine rings is 1. The van der Waals surface area contributed by atoms with Gasteiger partial charge in [-0.15, -0.1) is 5.10 Å². The number of aliphatic hydroxyl groups excluding tert-OH is 1. The van der Waals surface area contributed by atoms with Crippen molar-refractivity contribution >= 4 is 51.2 Å². The first-order valence-electron chi connectivity index (χ1n) is 13.2. The molecule has 0 bridgehead atoms. The van der Waals surface area contributed by atoms with E-state index < -0.39 is 12.1 Å². The first-order valence-corrected chi connectivity index (χ1v) is 13.9. The Labute approximate surface area is 246 Å². The molecule has 1 aliphatic heterocycles. The summed E-state index contributed by atoms with van der Waals surface area (Å²) in [4.78, 5) is 4.65. The number of hydrogen-bond acceptors (Lipinski definition) is 8. The Bertz CT molecular complexity index is 1740. The summed E-state index contributed by atoms with van der Waals surface area (Å²) in [5.74, 6) is 0.